The summed E-state index contributed by atoms with van der Waals surface area (Å²) in [5.74, 6) is 0.286. The lowest BCUT2D eigenvalue weighted by Gasteiger charge is -1.96. The van der Waals surface area contributed by atoms with E-state index in [2.05, 4.69) is 10.1 Å². The topological polar surface area (TPSA) is 38.9 Å². The number of halogens is 2. The Morgan fingerprint density at radius 1 is 1.05 bits per heavy atom. The predicted molar refractivity (Wildman–Crippen MR) is 70.1 cm³/mol. The third kappa shape index (κ3) is 2.35. The Morgan fingerprint density at radius 3 is 2.68 bits per heavy atom. The second-order valence-corrected chi connectivity index (χ2v) is 4.32. The molecule has 1 aromatic heterocycles. The lowest BCUT2D eigenvalue weighted by Crippen LogP contribution is -1.83. The minimum Gasteiger partial charge on any atom is -0.334 e. The monoisotopic (exact) mass is 274 g/mol. The summed E-state index contributed by atoms with van der Waals surface area (Å²) in [5, 5.41) is 4.40. The summed E-state index contributed by atoms with van der Waals surface area (Å²) < 4.78 is 18.3. The molecule has 0 amide bonds. The van der Waals surface area contributed by atoms with Crippen LogP contribution in [0.4, 0.5) is 4.39 Å². The van der Waals surface area contributed by atoms with Crippen LogP contribution in [0.1, 0.15) is 0 Å². The molecule has 94 valence electrons. The first-order valence-electron chi connectivity index (χ1n) is 5.58. The quantitative estimate of drug-likeness (QED) is 0.703. The van der Waals surface area contributed by atoms with Gasteiger partial charge in [-0.15, -0.1) is 0 Å². The van der Waals surface area contributed by atoms with Gasteiger partial charge in [-0.2, -0.15) is 4.98 Å². The average Bonchev–Trinajstić information content (AvgIpc) is 2.89. The fraction of sp³-hybridized carbons (Fsp3) is 0. The van der Waals surface area contributed by atoms with Gasteiger partial charge in [-0.25, -0.2) is 4.39 Å². The minimum absolute atomic E-state index is 0.259. The van der Waals surface area contributed by atoms with Gasteiger partial charge in [-0.05, 0) is 30.3 Å². The molecule has 2 aromatic carbocycles. The lowest BCUT2D eigenvalue weighted by atomic mass is 10.2. The first-order valence-corrected chi connectivity index (χ1v) is 5.96. The zero-order valence-corrected chi connectivity index (χ0v) is 10.4. The van der Waals surface area contributed by atoms with E-state index in [1.54, 1.807) is 24.3 Å². The highest BCUT2D eigenvalue weighted by Crippen LogP contribution is 2.27. The van der Waals surface area contributed by atoms with E-state index in [4.69, 9.17) is 16.1 Å². The van der Waals surface area contributed by atoms with Crippen LogP contribution in [0.15, 0.2) is 53.1 Å². The number of hydrogen-bond donors (Lipinski definition) is 0. The molecule has 0 fully saturated rings. The molecule has 3 rings (SSSR count). The van der Waals surface area contributed by atoms with Crippen molar-refractivity contribution < 1.29 is 8.91 Å². The van der Waals surface area contributed by atoms with E-state index in [1.165, 1.54) is 12.1 Å². The van der Waals surface area contributed by atoms with Crippen LogP contribution in [0, 0.1) is 5.82 Å². The lowest BCUT2D eigenvalue weighted by molar-refractivity contribution is 0.432. The van der Waals surface area contributed by atoms with Crippen LogP contribution in [0.25, 0.3) is 22.8 Å². The number of hydrogen-bond acceptors (Lipinski definition) is 3. The highest BCUT2D eigenvalue weighted by molar-refractivity contribution is 6.33. The maximum atomic E-state index is 13.1. The van der Waals surface area contributed by atoms with Crippen LogP contribution in [0.2, 0.25) is 5.02 Å². The first-order chi connectivity index (χ1) is 9.24. The molecule has 3 nitrogen and oxygen atoms in total. The maximum Gasteiger partial charge on any atom is 0.258 e. The molecule has 0 aliphatic heterocycles. The van der Waals surface area contributed by atoms with Crippen molar-refractivity contribution in [2.45, 2.75) is 0 Å². The molecule has 3 aromatic rings. The molecule has 0 spiro atoms. The fourth-order valence-electron chi connectivity index (χ4n) is 1.71. The molecular weight excluding hydrogens is 267 g/mol. The fourth-order valence-corrected chi connectivity index (χ4v) is 1.93. The summed E-state index contributed by atoms with van der Waals surface area (Å²) in [6, 6.07) is 13.2. The van der Waals surface area contributed by atoms with Crippen LogP contribution >= 0.6 is 11.6 Å². The molecule has 0 radical (unpaired) electrons. The van der Waals surface area contributed by atoms with E-state index in [-0.39, 0.29) is 11.7 Å². The summed E-state index contributed by atoms with van der Waals surface area (Å²) in [4.78, 5) is 4.22. The number of rotatable bonds is 2. The third-order valence-corrected chi connectivity index (χ3v) is 2.94. The molecule has 0 aliphatic rings. The van der Waals surface area contributed by atoms with Gasteiger partial charge < -0.3 is 4.52 Å². The van der Waals surface area contributed by atoms with Crippen molar-refractivity contribution in [1.29, 1.82) is 0 Å². The van der Waals surface area contributed by atoms with Crippen LogP contribution in [-0.4, -0.2) is 10.1 Å². The van der Waals surface area contributed by atoms with Crippen molar-refractivity contribution >= 4 is 11.6 Å². The SMILES string of the molecule is Fc1cccc(-c2nc(-c3ccccc3Cl)no2)c1. The van der Waals surface area contributed by atoms with Crippen molar-refractivity contribution in [3.63, 3.8) is 0 Å². The molecule has 0 N–H and O–H groups in total. The second-order valence-electron chi connectivity index (χ2n) is 3.91. The van der Waals surface area contributed by atoms with Crippen molar-refractivity contribution in [2.24, 2.45) is 0 Å². The minimum atomic E-state index is -0.352. The Kier molecular flexibility index (Phi) is 3.01. The van der Waals surface area contributed by atoms with Crippen molar-refractivity contribution in [2.75, 3.05) is 0 Å². The van der Waals surface area contributed by atoms with Gasteiger partial charge in [-0.3, -0.25) is 0 Å². The Labute approximate surface area is 113 Å². The number of aromatic nitrogens is 2. The molecular formula is C14H8ClFN2O. The highest BCUT2D eigenvalue weighted by Gasteiger charge is 2.12. The van der Waals surface area contributed by atoms with Gasteiger partial charge in [0.2, 0.25) is 5.82 Å². The van der Waals surface area contributed by atoms with E-state index < -0.39 is 0 Å². The molecule has 5 heteroatoms. The van der Waals surface area contributed by atoms with E-state index in [1.807, 2.05) is 12.1 Å². The zero-order chi connectivity index (χ0) is 13.2. The Morgan fingerprint density at radius 2 is 1.89 bits per heavy atom. The van der Waals surface area contributed by atoms with Gasteiger partial charge in [0.25, 0.3) is 5.89 Å². The summed E-state index contributed by atoms with van der Waals surface area (Å²) in [7, 11) is 0. The van der Waals surface area contributed by atoms with Crippen molar-refractivity contribution in [1.82, 2.24) is 10.1 Å². The van der Waals surface area contributed by atoms with Gasteiger partial charge >= 0.3 is 0 Å². The summed E-state index contributed by atoms with van der Waals surface area (Å²) in [5.41, 5.74) is 1.21. The van der Waals surface area contributed by atoms with Gasteiger partial charge in [0, 0.05) is 11.1 Å². The molecule has 0 unspecified atom stereocenters. The highest BCUT2D eigenvalue weighted by atomic mass is 35.5. The van der Waals surface area contributed by atoms with Crippen LogP contribution in [-0.2, 0) is 0 Å². The van der Waals surface area contributed by atoms with E-state index in [0.717, 1.165) is 0 Å². The van der Waals surface area contributed by atoms with Gasteiger partial charge in [0.15, 0.2) is 0 Å². The van der Waals surface area contributed by atoms with Crippen molar-refractivity contribution in [3.05, 3.63) is 59.4 Å². The normalized spacial score (nSPS) is 10.6. The van der Waals surface area contributed by atoms with Crippen molar-refractivity contribution in [3.8, 4) is 22.8 Å². The number of benzene rings is 2. The average molecular weight is 275 g/mol. The molecule has 1 heterocycles. The predicted octanol–water partition coefficient (Wildman–Crippen LogP) is 4.20. The van der Waals surface area contributed by atoms with Crippen LogP contribution in [0.3, 0.4) is 0 Å². The molecule has 0 saturated heterocycles. The Balaban J connectivity index is 2.03. The van der Waals surface area contributed by atoms with Crippen LogP contribution in [0.5, 0.6) is 0 Å². The molecule has 19 heavy (non-hydrogen) atoms. The summed E-state index contributed by atoms with van der Waals surface area (Å²) in [6.45, 7) is 0. The third-order valence-electron chi connectivity index (χ3n) is 2.61. The largest absolute Gasteiger partial charge is 0.334 e. The summed E-state index contributed by atoms with van der Waals surface area (Å²) in [6.07, 6.45) is 0. The Bertz CT molecular complexity index is 727. The summed E-state index contributed by atoms with van der Waals surface area (Å²) >= 11 is 6.06. The maximum absolute atomic E-state index is 13.1. The first kappa shape index (κ1) is 11.9. The van der Waals surface area contributed by atoms with Crippen LogP contribution < -0.4 is 0 Å². The molecule has 0 saturated carbocycles. The molecule has 0 aliphatic carbocycles. The molecule has 0 atom stereocenters. The molecule has 0 bridgehead atoms. The van der Waals surface area contributed by atoms with E-state index in [0.29, 0.717) is 22.0 Å². The smallest absolute Gasteiger partial charge is 0.258 e. The van der Waals surface area contributed by atoms with Gasteiger partial charge in [-0.1, -0.05) is 35.0 Å². The van der Waals surface area contributed by atoms with E-state index >= 15 is 0 Å². The standard InChI is InChI=1S/C14H8ClFN2O/c15-12-7-2-1-6-11(12)13-17-14(19-18-13)9-4-3-5-10(16)8-9/h1-8H. The zero-order valence-electron chi connectivity index (χ0n) is 9.68. The number of nitrogens with zero attached hydrogens (tertiary/aromatic N) is 2. The Hall–Kier alpha value is -2.20. The van der Waals surface area contributed by atoms with E-state index in [9.17, 15) is 4.39 Å². The van der Waals surface area contributed by atoms with Gasteiger partial charge in [0.05, 0.1) is 5.02 Å². The van der Waals surface area contributed by atoms with Gasteiger partial charge in [0.1, 0.15) is 5.82 Å². The second kappa shape index (κ2) is 4.82.